The van der Waals surface area contributed by atoms with E-state index in [9.17, 15) is 4.79 Å². The van der Waals surface area contributed by atoms with Crippen molar-refractivity contribution < 1.29 is 14.3 Å². The van der Waals surface area contributed by atoms with Gasteiger partial charge in [-0.05, 0) is 99.9 Å². The average molecular weight is 411 g/mol. The minimum Gasteiger partial charge on any atom is -0.487 e. The highest BCUT2D eigenvalue weighted by atomic mass is 16.5. The zero-order chi connectivity index (χ0) is 22.5. The molecule has 2 aromatic carbocycles. The summed E-state index contributed by atoms with van der Waals surface area (Å²) in [7, 11) is 0. The molecule has 0 heterocycles. The van der Waals surface area contributed by atoms with E-state index in [-0.39, 0.29) is 11.6 Å². The van der Waals surface area contributed by atoms with Crippen molar-refractivity contribution in [3.05, 3.63) is 47.5 Å². The Bertz CT molecular complexity index is 874. The summed E-state index contributed by atoms with van der Waals surface area (Å²) in [5.41, 5.74) is 3.73. The topological polar surface area (TPSA) is 35.5 Å². The van der Waals surface area contributed by atoms with Crippen molar-refractivity contribution in [1.29, 1.82) is 0 Å². The summed E-state index contributed by atoms with van der Waals surface area (Å²) in [5.74, 6) is 1.41. The van der Waals surface area contributed by atoms with Crippen molar-refractivity contribution >= 4 is 5.97 Å². The van der Waals surface area contributed by atoms with Gasteiger partial charge in [0.25, 0.3) is 0 Å². The predicted molar refractivity (Wildman–Crippen MR) is 125 cm³/mol. The van der Waals surface area contributed by atoms with Crippen LogP contribution in [0.4, 0.5) is 0 Å². The number of aryl methyl sites for hydroxylation is 2. The number of benzene rings is 2. The Morgan fingerprint density at radius 3 is 1.63 bits per heavy atom. The molecule has 0 spiro atoms. The first-order valence-corrected chi connectivity index (χ1v) is 11.2. The van der Waals surface area contributed by atoms with Gasteiger partial charge in [-0.15, -0.1) is 0 Å². The van der Waals surface area contributed by atoms with Crippen LogP contribution in [-0.2, 0) is 4.79 Å². The van der Waals surface area contributed by atoms with Gasteiger partial charge in [0.2, 0.25) is 0 Å². The fraction of sp³-hybridized carbons (Fsp3) is 0.519. The van der Waals surface area contributed by atoms with E-state index in [1.54, 1.807) is 0 Å². The van der Waals surface area contributed by atoms with Crippen molar-refractivity contribution in [2.75, 3.05) is 0 Å². The molecule has 0 aliphatic carbocycles. The molecule has 0 amide bonds. The fourth-order valence-electron chi connectivity index (χ4n) is 3.31. The van der Waals surface area contributed by atoms with Crippen LogP contribution in [-0.4, -0.2) is 11.6 Å². The van der Waals surface area contributed by atoms with E-state index in [0.717, 1.165) is 53.7 Å². The monoisotopic (exact) mass is 410 g/mol. The molecular weight excluding hydrogens is 372 g/mol. The molecule has 3 heteroatoms. The molecule has 0 unspecified atom stereocenters. The predicted octanol–water partition coefficient (Wildman–Crippen LogP) is 7.66. The first-order chi connectivity index (χ1) is 14.1. The highest BCUT2D eigenvalue weighted by Crippen LogP contribution is 2.34. The lowest BCUT2D eigenvalue weighted by Crippen LogP contribution is -2.30. The Kier molecular flexibility index (Phi) is 7.74. The van der Waals surface area contributed by atoms with E-state index >= 15 is 0 Å². The second kappa shape index (κ2) is 9.68. The zero-order valence-electron chi connectivity index (χ0n) is 20.0. The van der Waals surface area contributed by atoms with Gasteiger partial charge in [0.15, 0.2) is 0 Å². The molecule has 0 aliphatic heterocycles. The number of ether oxygens (including phenoxy) is 2. The molecule has 0 bridgehead atoms. The van der Waals surface area contributed by atoms with Gasteiger partial charge in [0.05, 0.1) is 5.41 Å². The number of carbonyl (C=O) groups excluding carboxylic acids is 1. The maximum Gasteiger partial charge on any atom is 0.317 e. The minimum absolute atomic E-state index is 0.139. The Hall–Kier alpha value is -2.29. The van der Waals surface area contributed by atoms with Crippen molar-refractivity contribution in [2.45, 2.75) is 86.7 Å². The van der Waals surface area contributed by atoms with Crippen LogP contribution in [0.25, 0.3) is 11.1 Å². The quantitative estimate of drug-likeness (QED) is 0.314. The molecular formula is C27H38O3. The van der Waals surface area contributed by atoms with Crippen molar-refractivity contribution in [3.63, 3.8) is 0 Å². The third-order valence-electron chi connectivity index (χ3n) is 6.79. The van der Waals surface area contributed by atoms with Gasteiger partial charge in [0, 0.05) is 0 Å². The maximum atomic E-state index is 12.6. The van der Waals surface area contributed by atoms with Crippen LogP contribution in [0.15, 0.2) is 36.4 Å². The van der Waals surface area contributed by atoms with Gasteiger partial charge in [-0.2, -0.15) is 0 Å². The van der Waals surface area contributed by atoms with Crippen LogP contribution >= 0.6 is 0 Å². The molecule has 3 nitrogen and oxygen atoms in total. The van der Waals surface area contributed by atoms with Crippen LogP contribution in [0, 0.1) is 19.3 Å². The van der Waals surface area contributed by atoms with Crippen LogP contribution in [0.5, 0.6) is 11.5 Å². The lowest BCUT2D eigenvalue weighted by Gasteiger charge is -2.29. The second-order valence-corrected chi connectivity index (χ2v) is 8.88. The lowest BCUT2D eigenvalue weighted by atomic mass is 9.85. The van der Waals surface area contributed by atoms with Gasteiger partial charge in [-0.3, -0.25) is 4.79 Å². The third-order valence-corrected chi connectivity index (χ3v) is 6.79. The van der Waals surface area contributed by atoms with Gasteiger partial charge in [-0.25, -0.2) is 0 Å². The Morgan fingerprint density at radius 1 is 0.767 bits per heavy atom. The van der Waals surface area contributed by atoms with Crippen LogP contribution in [0.1, 0.15) is 78.4 Å². The molecule has 0 aromatic heterocycles. The molecule has 0 aliphatic rings. The van der Waals surface area contributed by atoms with E-state index in [1.807, 2.05) is 39.8 Å². The molecule has 2 aromatic rings. The molecule has 0 N–H and O–H groups in total. The summed E-state index contributed by atoms with van der Waals surface area (Å²) < 4.78 is 12.1. The average Bonchev–Trinajstić information content (AvgIpc) is 2.75. The normalized spacial score (nSPS) is 12.0. The van der Waals surface area contributed by atoms with Gasteiger partial charge >= 0.3 is 5.97 Å². The van der Waals surface area contributed by atoms with E-state index in [4.69, 9.17) is 9.47 Å². The number of hydrogen-bond acceptors (Lipinski definition) is 3. The standard InChI is InChI=1S/C27H38O3/c1-9-26(7,10-2)25(28)29-23-15-13-21(17-19(23)5)22-14-16-24(20(6)18-22)30-27(8,11-3)12-4/h13-18H,9-12H2,1-8H3. The smallest absolute Gasteiger partial charge is 0.317 e. The number of esters is 1. The van der Waals surface area contributed by atoms with Crippen LogP contribution in [0.2, 0.25) is 0 Å². The van der Waals surface area contributed by atoms with Crippen LogP contribution in [0.3, 0.4) is 0 Å². The summed E-state index contributed by atoms with van der Waals surface area (Å²) in [5, 5.41) is 0. The second-order valence-electron chi connectivity index (χ2n) is 8.88. The van der Waals surface area contributed by atoms with Crippen molar-refractivity contribution in [2.24, 2.45) is 5.41 Å². The first kappa shape index (κ1) is 24.0. The third kappa shape index (κ3) is 5.24. The zero-order valence-corrected chi connectivity index (χ0v) is 20.0. The molecule has 0 radical (unpaired) electrons. The number of carbonyl (C=O) groups is 1. The minimum atomic E-state index is -0.441. The van der Waals surface area contributed by atoms with E-state index < -0.39 is 5.41 Å². The lowest BCUT2D eigenvalue weighted by molar-refractivity contribution is -0.145. The Morgan fingerprint density at radius 2 is 1.23 bits per heavy atom. The first-order valence-electron chi connectivity index (χ1n) is 11.2. The van der Waals surface area contributed by atoms with E-state index in [0.29, 0.717) is 5.75 Å². The molecule has 2 rings (SSSR count). The van der Waals surface area contributed by atoms with Gasteiger partial charge < -0.3 is 9.47 Å². The summed E-state index contributed by atoms with van der Waals surface area (Å²) in [4.78, 5) is 12.6. The molecule has 0 atom stereocenters. The molecule has 0 saturated carbocycles. The van der Waals surface area contributed by atoms with Crippen molar-refractivity contribution in [1.82, 2.24) is 0 Å². The Balaban J connectivity index is 2.24. The molecule has 0 saturated heterocycles. The highest BCUT2D eigenvalue weighted by Gasteiger charge is 2.31. The van der Waals surface area contributed by atoms with E-state index in [2.05, 4.69) is 52.0 Å². The van der Waals surface area contributed by atoms with Crippen LogP contribution < -0.4 is 9.47 Å². The number of hydrogen-bond donors (Lipinski definition) is 0. The number of rotatable bonds is 9. The highest BCUT2D eigenvalue weighted by molar-refractivity contribution is 5.79. The van der Waals surface area contributed by atoms with Crippen molar-refractivity contribution in [3.8, 4) is 22.6 Å². The van der Waals surface area contributed by atoms with Gasteiger partial charge in [-0.1, -0.05) is 39.8 Å². The largest absolute Gasteiger partial charge is 0.487 e. The summed E-state index contributed by atoms with van der Waals surface area (Å²) in [6, 6.07) is 12.3. The fourth-order valence-corrected chi connectivity index (χ4v) is 3.31. The SMILES string of the molecule is CCC(C)(CC)Oc1ccc(-c2ccc(OC(=O)C(C)(CC)CC)c(C)c2)cc1C. The van der Waals surface area contributed by atoms with E-state index in [1.165, 1.54) is 0 Å². The summed E-state index contributed by atoms with van der Waals surface area (Å²) in [6.45, 7) is 16.6. The molecule has 30 heavy (non-hydrogen) atoms. The summed E-state index contributed by atoms with van der Waals surface area (Å²) in [6.07, 6.45) is 3.48. The Labute approximate surface area is 182 Å². The molecule has 164 valence electrons. The summed E-state index contributed by atoms with van der Waals surface area (Å²) >= 11 is 0. The van der Waals surface area contributed by atoms with Gasteiger partial charge in [0.1, 0.15) is 17.1 Å². The molecule has 0 fully saturated rings. The maximum absolute atomic E-state index is 12.6.